The number of carbonyl (C=O) groups is 2. The molecule has 2 heterocycles. The van der Waals surface area contributed by atoms with Gasteiger partial charge in [-0.05, 0) is 51.0 Å². The number of benzene rings is 1. The highest BCUT2D eigenvalue weighted by Crippen LogP contribution is 2.19. The minimum Gasteiger partial charge on any atom is -0.481 e. The van der Waals surface area contributed by atoms with Gasteiger partial charge in [0.2, 0.25) is 0 Å². The van der Waals surface area contributed by atoms with Crippen LogP contribution in [0, 0.1) is 26.7 Å². The number of rotatable bonds is 5. The third kappa shape index (κ3) is 3.81. The van der Waals surface area contributed by atoms with Crippen molar-refractivity contribution >= 4 is 23.2 Å². The number of carboxylic acid groups (broad SMARTS) is 1. The zero-order valence-corrected chi connectivity index (χ0v) is 15.8. The third-order valence-electron chi connectivity index (χ3n) is 4.47. The van der Waals surface area contributed by atoms with Crippen molar-refractivity contribution in [1.82, 2.24) is 14.6 Å². The number of nitrogens with zero attached hydrogens (tertiary/aromatic N) is 3. The van der Waals surface area contributed by atoms with E-state index < -0.39 is 11.9 Å². The number of carboxylic acids is 1. The Hall–Kier alpha value is -3.22. The van der Waals surface area contributed by atoms with Crippen molar-refractivity contribution in [3.63, 3.8) is 0 Å². The summed E-state index contributed by atoms with van der Waals surface area (Å²) in [5, 5.41) is 16.3. The summed E-state index contributed by atoms with van der Waals surface area (Å²) in [4.78, 5) is 28.2. The van der Waals surface area contributed by atoms with Crippen LogP contribution in [0.1, 0.15) is 39.9 Å². The first-order chi connectivity index (χ1) is 12.8. The molecule has 7 heteroatoms. The normalized spacial score (nSPS) is 12.1. The Morgan fingerprint density at radius 3 is 2.48 bits per heavy atom. The molecule has 2 N–H and O–H groups in total. The predicted molar refractivity (Wildman–Crippen MR) is 102 cm³/mol. The molecule has 140 valence electrons. The maximum Gasteiger partial charge on any atom is 0.306 e. The van der Waals surface area contributed by atoms with Crippen LogP contribution in [0.2, 0.25) is 0 Å². The lowest BCUT2D eigenvalue weighted by Gasteiger charge is -2.09. The molecule has 0 saturated carbocycles. The maximum absolute atomic E-state index is 12.8. The molecule has 0 aliphatic carbocycles. The molecule has 0 bridgehead atoms. The van der Waals surface area contributed by atoms with Crippen LogP contribution in [0.25, 0.3) is 5.65 Å². The Balaban J connectivity index is 1.83. The number of hydrogen-bond donors (Lipinski definition) is 2. The van der Waals surface area contributed by atoms with Crippen molar-refractivity contribution in [2.75, 3.05) is 5.32 Å². The van der Waals surface area contributed by atoms with Crippen molar-refractivity contribution in [1.29, 1.82) is 0 Å². The number of aryl methyl sites for hydroxylation is 3. The molecule has 0 saturated heterocycles. The fourth-order valence-electron chi connectivity index (χ4n) is 3.05. The Morgan fingerprint density at radius 2 is 1.85 bits per heavy atom. The van der Waals surface area contributed by atoms with Gasteiger partial charge >= 0.3 is 5.97 Å². The van der Waals surface area contributed by atoms with Gasteiger partial charge in [-0.1, -0.05) is 19.1 Å². The summed E-state index contributed by atoms with van der Waals surface area (Å²) < 4.78 is 1.67. The Labute approximate surface area is 157 Å². The lowest BCUT2D eigenvalue weighted by Crippen LogP contribution is -2.14. The summed E-state index contributed by atoms with van der Waals surface area (Å²) in [7, 11) is 0. The average Bonchev–Trinajstić information content (AvgIpc) is 2.93. The standard InChI is InChI=1S/C20H22N4O3/c1-11(20(26)27)9-15-5-7-16(8-6-15)22-19(25)17-14(4)23-24-13(3)10-12(2)21-18(17)24/h5-8,10-11H,9H2,1-4H3,(H,22,25)(H,26,27). The zero-order valence-electron chi connectivity index (χ0n) is 15.8. The monoisotopic (exact) mass is 366 g/mol. The van der Waals surface area contributed by atoms with Crippen molar-refractivity contribution in [3.8, 4) is 0 Å². The number of nitrogens with one attached hydrogen (secondary N) is 1. The van der Waals surface area contributed by atoms with Gasteiger partial charge in [-0.3, -0.25) is 9.59 Å². The Bertz CT molecular complexity index is 1020. The quantitative estimate of drug-likeness (QED) is 0.723. The molecule has 3 aromatic rings. The van der Waals surface area contributed by atoms with Crippen LogP contribution in [-0.2, 0) is 11.2 Å². The second-order valence-electron chi connectivity index (χ2n) is 6.83. The topological polar surface area (TPSA) is 96.6 Å². The van der Waals surface area contributed by atoms with Gasteiger partial charge in [0, 0.05) is 17.1 Å². The minimum absolute atomic E-state index is 0.272. The van der Waals surface area contributed by atoms with Gasteiger partial charge in [-0.25, -0.2) is 9.50 Å². The molecule has 1 unspecified atom stereocenters. The Morgan fingerprint density at radius 1 is 1.19 bits per heavy atom. The highest BCUT2D eigenvalue weighted by Gasteiger charge is 2.20. The lowest BCUT2D eigenvalue weighted by molar-refractivity contribution is -0.141. The number of anilines is 1. The second-order valence-corrected chi connectivity index (χ2v) is 6.83. The molecule has 0 aliphatic heterocycles. The molecule has 7 nitrogen and oxygen atoms in total. The molecule has 1 aromatic carbocycles. The van der Waals surface area contributed by atoms with E-state index in [-0.39, 0.29) is 5.91 Å². The van der Waals surface area contributed by atoms with Crippen molar-refractivity contribution in [2.45, 2.75) is 34.1 Å². The van der Waals surface area contributed by atoms with Gasteiger partial charge in [-0.2, -0.15) is 5.10 Å². The zero-order chi connectivity index (χ0) is 19.7. The number of aromatic nitrogens is 3. The van der Waals surface area contributed by atoms with Gasteiger partial charge in [0.15, 0.2) is 5.65 Å². The molecular formula is C20H22N4O3. The fraction of sp³-hybridized carbons (Fsp3) is 0.300. The number of carbonyl (C=O) groups excluding carboxylic acids is 1. The van der Waals surface area contributed by atoms with E-state index in [0.717, 1.165) is 17.0 Å². The molecule has 2 aromatic heterocycles. The van der Waals surface area contributed by atoms with Crippen molar-refractivity contribution in [2.24, 2.45) is 5.92 Å². The predicted octanol–water partition coefficient (Wildman–Crippen LogP) is 3.17. The van der Waals surface area contributed by atoms with Crippen LogP contribution in [0.15, 0.2) is 30.3 Å². The second kappa shape index (κ2) is 7.19. The summed E-state index contributed by atoms with van der Waals surface area (Å²) >= 11 is 0. The van der Waals surface area contributed by atoms with Crippen LogP contribution < -0.4 is 5.32 Å². The lowest BCUT2D eigenvalue weighted by atomic mass is 10.0. The van der Waals surface area contributed by atoms with E-state index in [1.54, 1.807) is 30.5 Å². The summed E-state index contributed by atoms with van der Waals surface area (Å²) in [6, 6.07) is 9.10. The van der Waals surface area contributed by atoms with E-state index in [1.807, 2.05) is 32.0 Å². The number of amides is 1. The van der Waals surface area contributed by atoms with E-state index in [9.17, 15) is 9.59 Å². The number of hydrogen-bond acceptors (Lipinski definition) is 4. The molecule has 1 amide bonds. The summed E-state index contributed by atoms with van der Waals surface area (Å²) in [5.74, 6) is -1.55. The number of aliphatic carboxylic acids is 1. The molecule has 27 heavy (non-hydrogen) atoms. The first-order valence-corrected chi connectivity index (χ1v) is 8.73. The molecular weight excluding hydrogens is 344 g/mol. The van der Waals surface area contributed by atoms with Gasteiger partial charge < -0.3 is 10.4 Å². The third-order valence-corrected chi connectivity index (χ3v) is 4.47. The molecule has 0 fully saturated rings. The van der Waals surface area contributed by atoms with Crippen LogP contribution >= 0.6 is 0 Å². The molecule has 0 radical (unpaired) electrons. The highest BCUT2D eigenvalue weighted by atomic mass is 16.4. The van der Waals surface area contributed by atoms with Crippen molar-refractivity contribution < 1.29 is 14.7 Å². The minimum atomic E-state index is -0.825. The first kappa shape index (κ1) is 18.6. The molecule has 0 spiro atoms. The Kier molecular flexibility index (Phi) is 4.94. The molecule has 1 atom stereocenters. The van der Waals surface area contributed by atoms with Crippen LogP contribution in [-0.4, -0.2) is 31.6 Å². The van der Waals surface area contributed by atoms with E-state index in [1.165, 1.54) is 0 Å². The van der Waals surface area contributed by atoms with Gasteiger partial charge in [0.1, 0.15) is 5.56 Å². The number of fused-ring (bicyclic) bond motifs is 1. The van der Waals surface area contributed by atoms with Gasteiger partial charge in [0.25, 0.3) is 5.91 Å². The smallest absolute Gasteiger partial charge is 0.306 e. The highest BCUT2D eigenvalue weighted by molar-refractivity contribution is 6.09. The molecule has 0 aliphatic rings. The summed E-state index contributed by atoms with van der Waals surface area (Å²) in [6.07, 6.45) is 0.444. The van der Waals surface area contributed by atoms with Gasteiger partial charge in [0.05, 0.1) is 11.6 Å². The first-order valence-electron chi connectivity index (χ1n) is 8.73. The van der Waals surface area contributed by atoms with E-state index in [0.29, 0.717) is 29.0 Å². The van der Waals surface area contributed by atoms with Gasteiger partial charge in [-0.15, -0.1) is 0 Å². The van der Waals surface area contributed by atoms with E-state index >= 15 is 0 Å². The summed E-state index contributed by atoms with van der Waals surface area (Å²) in [5.41, 5.74) is 4.88. The van der Waals surface area contributed by atoms with Crippen LogP contribution in [0.3, 0.4) is 0 Å². The van der Waals surface area contributed by atoms with E-state index in [4.69, 9.17) is 5.11 Å². The van der Waals surface area contributed by atoms with Crippen LogP contribution in [0.5, 0.6) is 0 Å². The van der Waals surface area contributed by atoms with Crippen LogP contribution in [0.4, 0.5) is 5.69 Å². The molecule has 3 rings (SSSR count). The SMILES string of the molecule is Cc1cc(C)n2nc(C)c(C(=O)Nc3ccc(CC(C)C(=O)O)cc3)c2n1. The fourth-order valence-corrected chi connectivity index (χ4v) is 3.05. The van der Waals surface area contributed by atoms with Crippen molar-refractivity contribution in [3.05, 3.63) is 58.5 Å². The maximum atomic E-state index is 12.8. The largest absolute Gasteiger partial charge is 0.481 e. The summed E-state index contributed by atoms with van der Waals surface area (Å²) in [6.45, 7) is 7.26. The average molecular weight is 366 g/mol. The van der Waals surface area contributed by atoms with E-state index in [2.05, 4.69) is 15.4 Å².